The molecule has 1 amide bonds. The van der Waals surface area contributed by atoms with Crippen LogP contribution >= 0.6 is 12.2 Å². The zero-order valence-electron chi connectivity index (χ0n) is 9.93. The van der Waals surface area contributed by atoms with E-state index in [0.717, 1.165) is 25.9 Å². The van der Waals surface area contributed by atoms with Crippen molar-refractivity contribution >= 4 is 28.9 Å². The van der Waals surface area contributed by atoms with Crippen molar-refractivity contribution in [3.63, 3.8) is 0 Å². The second-order valence-corrected chi connectivity index (χ2v) is 4.64. The van der Waals surface area contributed by atoms with E-state index in [1.807, 2.05) is 4.90 Å². The fourth-order valence-electron chi connectivity index (χ4n) is 2.00. The Labute approximate surface area is 110 Å². The summed E-state index contributed by atoms with van der Waals surface area (Å²) in [6.45, 7) is 1.69. The SMILES string of the molecule is NC(=O)c1ncc(C(N)=S)nc1N1CCCCC1. The van der Waals surface area contributed by atoms with E-state index in [0.29, 0.717) is 11.5 Å². The van der Waals surface area contributed by atoms with Crippen molar-refractivity contribution in [3.8, 4) is 0 Å². The normalized spacial score (nSPS) is 15.4. The first kappa shape index (κ1) is 12.7. The summed E-state index contributed by atoms with van der Waals surface area (Å²) in [5.74, 6) is -0.0925. The van der Waals surface area contributed by atoms with Gasteiger partial charge in [0, 0.05) is 13.1 Å². The maximum absolute atomic E-state index is 11.4. The van der Waals surface area contributed by atoms with Crippen molar-refractivity contribution in [1.29, 1.82) is 0 Å². The van der Waals surface area contributed by atoms with E-state index in [1.54, 1.807) is 0 Å². The molecule has 0 bridgehead atoms. The molecule has 0 spiro atoms. The fourth-order valence-corrected chi connectivity index (χ4v) is 2.10. The number of anilines is 1. The molecular weight excluding hydrogens is 250 g/mol. The molecule has 0 saturated carbocycles. The standard InChI is InChI=1S/C11H15N5OS/c12-9(17)8-11(16-4-2-1-3-5-16)15-7(6-14-8)10(13)18/h6H,1-5H2,(H2,12,17)(H2,13,18). The Kier molecular flexibility index (Phi) is 3.71. The Morgan fingerprint density at radius 1 is 1.28 bits per heavy atom. The Morgan fingerprint density at radius 3 is 2.50 bits per heavy atom. The van der Waals surface area contributed by atoms with Crippen LogP contribution in [0, 0.1) is 0 Å². The zero-order chi connectivity index (χ0) is 13.1. The summed E-state index contributed by atoms with van der Waals surface area (Å²) in [5.41, 5.74) is 11.4. The van der Waals surface area contributed by atoms with Gasteiger partial charge in [-0.2, -0.15) is 0 Å². The van der Waals surface area contributed by atoms with Crippen LogP contribution in [-0.2, 0) is 0 Å². The molecule has 1 fully saturated rings. The van der Waals surface area contributed by atoms with E-state index >= 15 is 0 Å². The first-order valence-corrected chi connectivity index (χ1v) is 6.22. The third-order valence-corrected chi connectivity index (χ3v) is 3.10. The van der Waals surface area contributed by atoms with Crippen molar-refractivity contribution in [3.05, 3.63) is 17.6 Å². The van der Waals surface area contributed by atoms with Crippen molar-refractivity contribution in [2.75, 3.05) is 18.0 Å². The molecule has 1 aliphatic rings. The topological polar surface area (TPSA) is 98.1 Å². The third kappa shape index (κ3) is 2.56. The first-order chi connectivity index (χ1) is 8.59. The summed E-state index contributed by atoms with van der Waals surface area (Å²) in [4.78, 5) is 21.9. The van der Waals surface area contributed by atoms with Crippen LogP contribution in [0.25, 0.3) is 0 Å². The molecule has 18 heavy (non-hydrogen) atoms. The van der Waals surface area contributed by atoms with Crippen molar-refractivity contribution in [1.82, 2.24) is 9.97 Å². The van der Waals surface area contributed by atoms with Gasteiger partial charge in [0.2, 0.25) is 0 Å². The number of piperidine rings is 1. The van der Waals surface area contributed by atoms with Crippen LogP contribution < -0.4 is 16.4 Å². The van der Waals surface area contributed by atoms with Crippen LogP contribution in [0.5, 0.6) is 0 Å². The minimum Gasteiger partial charge on any atom is -0.388 e. The third-order valence-electron chi connectivity index (χ3n) is 2.90. The molecule has 4 N–H and O–H groups in total. The first-order valence-electron chi connectivity index (χ1n) is 5.81. The van der Waals surface area contributed by atoms with Gasteiger partial charge in [0.25, 0.3) is 5.91 Å². The average molecular weight is 265 g/mol. The van der Waals surface area contributed by atoms with Crippen LogP contribution in [0.1, 0.15) is 35.4 Å². The lowest BCUT2D eigenvalue weighted by Crippen LogP contribution is -2.33. The molecule has 1 saturated heterocycles. The molecule has 0 aromatic carbocycles. The van der Waals surface area contributed by atoms with E-state index in [-0.39, 0.29) is 10.7 Å². The van der Waals surface area contributed by atoms with Gasteiger partial charge in [-0.15, -0.1) is 0 Å². The van der Waals surface area contributed by atoms with Gasteiger partial charge in [-0.05, 0) is 19.3 Å². The Hall–Kier alpha value is -1.76. The smallest absolute Gasteiger partial charge is 0.271 e. The highest BCUT2D eigenvalue weighted by Crippen LogP contribution is 2.20. The maximum atomic E-state index is 11.4. The monoisotopic (exact) mass is 265 g/mol. The van der Waals surface area contributed by atoms with Crippen LogP contribution in [-0.4, -0.2) is 34.0 Å². The number of carbonyl (C=O) groups excluding carboxylic acids is 1. The van der Waals surface area contributed by atoms with E-state index in [9.17, 15) is 4.79 Å². The predicted octanol–water partition coefficient (Wildman–Crippen LogP) is 0.200. The second-order valence-electron chi connectivity index (χ2n) is 4.20. The molecule has 7 heteroatoms. The second kappa shape index (κ2) is 5.26. The predicted molar refractivity (Wildman–Crippen MR) is 72.5 cm³/mol. The van der Waals surface area contributed by atoms with Gasteiger partial charge in [-0.3, -0.25) is 4.79 Å². The molecule has 1 aliphatic heterocycles. The van der Waals surface area contributed by atoms with Crippen LogP contribution in [0.2, 0.25) is 0 Å². The average Bonchev–Trinajstić information content (AvgIpc) is 2.39. The number of aromatic nitrogens is 2. The number of nitrogens with zero attached hydrogens (tertiary/aromatic N) is 3. The highest BCUT2D eigenvalue weighted by molar-refractivity contribution is 7.80. The van der Waals surface area contributed by atoms with Gasteiger partial charge in [0.15, 0.2) is 11.5 Å². The number of amides is 1. The maximum Gasteiger partial charge on any atom is 0.271 e. The molecule has 6 nitrogen and oxygen atoms in total. The van der Waals surface area contributed by atoms with Gasteiger partial charge >= 0.3 is 0 Å². The lowest BCUT2D eigenvalue weighted by atomic mass is 10.1. The summed E-state index contributed by atoms with van der Waals surface area (Å²) in [6.07, 6.45) is 4.70. The molecule has 2 rings (SSSR count). The van der Waals surface area contributed by atoms with Crippen molar-refractivity contribution in [2.45, 2.75) is 19.3 Å². The number of hydrogen-bond acceptors (Lipinski definition) is 5. The zero-order valence-corrected chi connectivity index (χ0v) is 10.7. The summed E-state index contributed by atoms with van der Waals surface area (Å²) in [5, 5.41) is 0. The number of primary amides is 1. The summed E-state index contributed by atoms with van der Waals surface area (Å²) < 4.78 is 0. The molecule has 1 aromatic rings. The van der Waals surface area contributed by atoms with E-state index in [1.165, 1.54) is 12.6 Å². The van der Waals surface area contributed by atoms with Gasteiger partial charge in [0.05, 0.1) is 6.20 Å². The van der Waals surface area contributed by atoms with Crippen molar-refractivity contribution < 1.29 is 4.79 Å². The number of nitrogens with two attached hydrogens (primary N) is 2. The van der Waals surface area contributed by atoms with Gasteiger partial charge in [-0.1, -0.05) is 12.2 Å². The summed E-state index contributed by atoms with van der Waals surface area (Å²) >= 11 is 4.87. The number of hydrogen-bond donors (Lipinski definition) is 2. The van der Waals surface area contributed by atoms with Gasteiger partial charge < -0.3 is 16.4 Å². The summed E-state index contributed by atoms with van der Waals surface area (Å²) in [7, 11) is 0. The van der Waals surface area contributed by atoms with E-state index < -0.39 is 5.91 Å². The van der Waals surface area contributed by atoms with Gasteiger partial charge in [-0.25, -0.2) is 9.97 Å². The fraction of sp³-hybridized carbons (Fsp3) is 0.455. The number of thiocarbonyl (C=S) groups is 1. The van der Waals surface area contributed by atoms with Crippen molar-refractivity contribution in [2.24, 2.45) is 11.5 Å². The van der Waals surface area contributed by atoms with Gasteiger partial charge in [0.1, 0.15) is 10.7 Å². The summed E-state index contributed by atoms with van der Waals surface area (Å²) in [6, 6.07) is 0. The van der Waals surface area contributed by atoms with E-state index in [4.69, 9.17) is 23.7 Å². The molecule has 0 aliphatic carbocycles. The molecule has 96 valence electrons. The lowest BCUT2D eigenvalue weighted by Gasteiger charge is -2.28. The molecule has 0 radical (unpaired) electrons. The highest BCUT2D eigenvalue weighted by atomic mass is 32.1. The minimum atomic E-state index is -0.586. The molecule has 0 unspecified atom stereocenters. The highest BCUT2D eigenvalue weighted by Gasteiger charge is 2.21. The molecule has 2 heterocycles. The van der Waals surface area contributed by atoms with Crippen LogP contribution in [0.15, 0.2) is 6.20 Å². The van der Waals surface area contributed by atoms with E-state index in [2.05, 4.69) is 9.97 Å². The Morgan fingerprint density at radius 2 is 1.94 bits per heavy atom. The molecule has 1 aromatic heterocycles. The molecular formula is C11H15N5OS. The Balaban J connectivity index is 2.42. The van der Waals surface area contributed by atoms with Crippen LogP contribution in [0.3, 0.4) is 0 Å². The number of rotatable bonds is 3. The molecule has 0 atom stereocenters. The number of carbonyl (C=O) groups is 1. The quantitative estimate of drug-likeness (QED) is 0.758. The van der Waals surface area contributed by atoms with Crippen LogP contribution in [0.4, 0.5) is 5.82 Å². The Bertz CT molecular complexity index is 484. The lowest BCUT2D eigenvalue weighted by molar-refractivity contribution is 0.0995. The minimum absolute atomic E-state index is 0.164. The largest absolute Gasteiger partial charge is 0.388 e.